The third-order valence-corrected chi connectivity index (χ3v) is 5.30. The number of likely N-dealkylation sites (N-methyl/N-ethyl adjacent to an activating group) is 1. The molecule has 0 saturated carbocycles. The highest BCUT2D eigenvalue weighted by molar-refractivity contribution is 14.0. The summed E-state index contributed by atoms with van der Waals surface area (Å²) in [5.74, 6) is 2.38. The Morgan fingerprint density at radius 3 is 2.53 bits per heavy atom. The van der Waals surface area contributed by atoms with Crippen molar-refractivity contribution in [2.45, 2.75) is 33.4 Å². The highest BCUT2D eigenvalue weighted by atomic mass is 127. The number of aryl methyl sites for hydroxylation is 1. The molecule has 2 aromatic rings. The van der Waals surface area contributed by atoms with Crippen molar-refractivity contribution in [2.75, 3.05) is 26.2 Å². The second kappa shape index (κ2) is 13.6. The summed E-state index contributed by atoms with van der Waals surface area (Å²) in [5, 5.41) is 15.8. The number of halogens is 2. The van der Waals surface area contributed by atoms with E-state index < -0.39 is 0 Å². The molecular formula is C21H33ClIN7. The summed E-state index contributed by atoms with van der Waals surface area (Å²) in [5.41, 5.74) is 1.11. The number of hydrogen-bond donors (Lipinski definition) is 2. The lowest BCUT2D eigenvalue weighted by Crippen LogP contribution is -2.43. The van der Waals surface area contributed by atoms with E-state index in [1.165, 1.54) is 0 Å². The second-order valence-corrected chi connectivity index (χ2v) is 7.10. The quantitative estimate of drug-likeness (QED) is 0.206. The molecule has 2 rings (SSSR count). The molecule has 0 aliphatic carbocycles. The molecule has 1 atom stereocenters. The van der Waals surface area contributed by atoms with E-state index in [0.29, 0.717) is 25.6 Å². The molecule has 30 heavy (non-hydrogen) atoms. The zero-order chi connectivity index (χ0) is 21.2. The summed E-state index contributed by atoms with van der Waals surface area (Å²) in [6.45, 7) is 13.6. The Balaban J connectivity index is 0.00000450. The van der Waals surface area contributed by atoms with E-state index in [4.69, 9.17) is 11.6 Å². The molecule has 1 aromatic carbocycles. The summed E-state index contributed by atoms with van der Waals surface area (Å²) in [4.78, 5) is 7.06. The van der Waals surface area contributed by atoms with Crippen molar-refractivity contribution < 1.29 is 0 Å². The van der Waals surface area contributed by atoms with E-state index in [0.717, 1.165) is 35.3 Å². The van der Waals surface area contributed by atoms with Gasteiger partial charge in [0.05, 0.1) is 6.04 Å². The normalized spacial score (nSPS) is 12.4. The Morgan fingerprint density at radius 1 is 1.27 bits per heavy atom. The van der Waals surface area contributed by atoms with Crippen LogP contribution in [-0.4, -0.2) is 51.8 Å². The zero-order valence-corrected chi connectivity index (χ0v) is 21.3. The van der Waals surface area contributed by atoms with Gasteiger partial charge in [0.15, 0.2) is 11.8 Å². The van der Waals surface area contributed by atoms with Gasteiger partial charge in [0.1, 0.15) is 12.4 Å². The Morgan fingerprint density at radius 2 is 1.97 bits per heavy atom. The maximum atomic E-state index is 6.51. The number of aromatic nitrogens is 3. The van der Waals surface area contributed by atoms with Crippen molar-refractivity contribution in [2.24, 2.45) is 12.0 Å². The summed E-state index contributed by atoms with van der Waals surface area (Å²) in [6.07, 6.45) is 1.81. The lowest BCUT2D eigenvalue weighted by atomic mass is 10.0. The van der Waals surface area contributed by atoms with Crippen LogP contribution in [0.3, 0.4) is 0 Å². The van der Waals surface area contributed by atoms with Gasteiger partial charge in [0.25, 0.3) is 0 Å². The molecule has 0 spiro atoms. The smallest absolute Gasteiger partial charge is 0.192 e. The van der Waals surface area contributed by atoms with Crippen molar-refractivity contribution >= 4 is 41.5 Å². The Kier molecular flexibility index (Phi) is 12.0. The lowest BCUT2D eigenvalue weighted by molar-refractivity contribution is 0.219. The number of guanidine groups is 1. The number of rotatable bonds is 10. The van der Waals surface area contributed by atoms with Crippen molar-refractivity contribution in [3.8, 4) is 0 Å². The maximum absolute atomic E-state index is 6.51. The molecule has 1 heterocycles. The number of benzene rings is 1. The molecule has 9 heteroatoms. The fourth-order valence-electron chi connectivity index (χ4n) is 3.12. The number of nitrogens with zero attached hydrogens (tertiary/aromatic N) is 5. The topological polar surface area (TPSA) is 70.4 Å². The van der Waals surface area contributed by atoms with Gasteiger partial charge in [0.2, 0.25) is 0 Å². The van der Waals surface area contributed by atoms with Crippen LogP contribution in [0.25, 0.3) is 0 Å². The van der Waals surface area contributed by atoms with Gasteiger partial charge in [-0.2, -0.15) is 0 Å². The average molecular weight is 546 g/mol. The predicted molar refractivity (Wildman–Crippen MR) is 136 cm³/mol. The van der Waals surface area contributed by atoms with Crippen LogP contribution in [0.1, 0.15) is 37.1 Å². The molecule has 0 bridgehead atoms. The number of hydrogen-bond acceptors (Lipinski definition) is 4. The highest BCUT2D eigenvalue weighted by Crippen LogP contribution is 2.26. The van der Waals surface area contributed by atoms with E-state index in [2.05, 4.69) is 57.2 Å². The molecule has 0 fully saturated rings. The second-order valence-electron chi connectivity index (χ2n) is 6.70. The minimum atomic E-state index is 0. The summed E-state index contributed by atoms with van der Waals surface area (Å²) < 4.78 is 1.94. The largest absolute Gasteiger partial charge is 0.354 e. The fraction of sp³-hybridized carbons (Fsp3) is 0.476. The van der Waals surface area contributed by atoms with Crippen LogP contribution in [0, 0.1) is 6.92 Å². The molecule has 166 valence electrons. The first-order valence-corrected chi connectivity index (χ1v) is 10.4. The van der Waals surface area contributed by atoms with Gasteiger partial charge >= 0.3 is 0 Å². The molecule has 0 aliphatic heterocycles. The van der Waals surface area contributed by atoms with Crippen molar-refractivity contribution in [1.29, 1.82) is 0 Å². The maximum Gasteiger partial charge on any atom is 0.192 e. The predicted octanol–water partition coefficient (Wildman–Crippen LogP) is 3.70. The van der Waals surface area contributed by atoms with Crippen LogP contribution in [-0.2, 0) is 13.6 Å². The van der Waals surface area contributed by atoms with Crippen molar-refractivity contribution in [3.05, 3.63) is 59.2 Å². The lowest BCUT2D eigenvalue weighted by Gasteiger charge is -2.31. The number of nitrogens with one attached hydrogen (secondary N) is 2. The molecule has 2 N–H and O–H groups in total. The van der Waals surface area contributed by atoms with Crippen LogP contribution in [0.15, 0.2) is 41.9 Å². The summed E-state index contributed by atoms with van der Waals surface area (Å²) in [6, 6.07) is 8.14. The SMILES string of the molecule is C=CCNC(=NCc1nnc(C)n1C)NCC(c1ccccc1Cl)N(CC)CC.I. The van der Waals surface area contributed by atoms with E-state index >= 15 is 0 Å². The minimum Gasteiger partial charge on any atom is -0.354 e. The zero-order valence-electron chi connectivity index (χ0n) is 18.2. The third-order valence-electron chi connectivity index (χ3n) is 4.96. The average Bonchev–Trinajstić information content (AvgIpc) is 3.05. The Hall–Kier alpha value is -1.65. The summed E-state index contributed by atoms with van der Waals surface area (Å²) in [7, 11) is 1.94. The Labute approximate surface area is 202 Å². The fourth-order valence-corrected chi connectivity index (χ4v) is 3.38. The minimum absolute atomic E-state index is 0. The van der Waals surface area contributed by atoms with Gasteiger partial charge in [-0.3, -0.25) is 4.90 Å². The molecule has 7 nitrogen and oxygen atoms in total. The van der Waals surface area contributed by atoms with Gasteiger partial charge in [-0.05, 0) is 31.6 Å². The monoisotopic (exact) mass is 545 g/mol. The van der Waals surface area contributed by atoms with Gasteiger partial charge in [-0.15, -0.1) is 40.8 Å². The van der Waals surface area contributed by atoms with Crippen LogP contribution < -0.4 is 10.6 Å². The van der Waals surface area contributed by atoms with Crippen LogP contribution >= 0.6 is 35.6 Å². The highest BCUT2D eigenvalue weighted by Gasteiger charge is 2.20. The molecule has 0 amide bonds. The van der Waals surface area contributed by atoms with Gasteiger partial charge in [-0.25, -0.2) is 4.99 Å². The van der Waals surface area contributed by atoms with E-state index in [-0.39, 0.29) is 30.0 Å². The van der Waals surface area contributed by atoms with Crippen molar-refractivity contribution in [3.63, 3.8) is 0 Å². The van der Waals surface area contributed by atoms with E-state index in [1.54, 1.807) is 6.08 Å². The standard InChI is InChI=1S/C21H32ClN7.HI/c1-6-13-23-21(25-15-20-27-26-16(4)28(20)5)24-14-19(29(7-2)8-3)17-11-9-10-12-18(17)22;/h6,9-12,19H,1,7-8,13-15H2,2-5H3,(H2,23,24,25);1H. The molecule has 0 radical (unpaired) electrons. The first-order chi connectivity index (χ1) is 14.0. The van der Waals surface area contributed by atoms with Crippen LogP contribution in [0.2, 0.25) is 5.02 Å². The van der Waals surface area contributed by atoms with Crippen LogP contribution in [0.4, 0.5) is 0 Å². The van der Waals surface area contributed by atoms with E-state index in [9.17, 15) is 0 Å². The third kappa shape index (κ3) is 7.24. The van der Waals surface area contributed by atoms with Gasteiger partial charge in [-0.1, -0.05) is 49.7 Å². The van der Waals surface area contributed by atoms with Crippen LogP contribution in [0.5, 0.6) is 0 Å². The first kappa shape index (κ1) is 26.4. The molecule has 1 unspecified atom stereocenters. The van der Waals surface area contributed by atoms with E-state index in [1.807, 2.05) is 36.7 Å². The first-order valence-electron chi connectivity index (χ1n) is 9.98. The summed E-state index contributed by atoms with van der Waals surface area (Å²) >= 11 is 6.51. The molecule has 0 aliphatic rings. The molecule has 0 saturated heterocycles. The number of aliphatic imine (C=N–C) groups is 1. The van der Waals surface area contributed by atoms with Gasteiger partial charge < -0.3 is 15.2 Å². The molecule has 1 aromatic heterocycles. The van der Waals surface area contributed by atoms with Gasteiger partial charge in [0, 0.05) is 25.2 Å². The van der Waals surface area contributed by atoms with Crippen molar-refractivity contribution in [1.82, 2.24) is 30.3 Å². The molecular weight excluding hydrogens is 513 g/mol. The Bertz CT molecular complexity index is 817.